The van der Waals surface area contributed by atoms with E-state index in [9.17, 15) is 0 Å². The average Bonchev–Trinajstić information content (AvgIpc) is 2.98. The summed E-state index contributed by atoms with van der Waals surface area (Å²) < 4.78 is 4.36. The van der Waals surface area contributed by atoms with Gasteiger partial charge in [0.1, 0.15) is 0 Å². The first-order valence-electron chi connectivity index (χ1n) is 4.44. The van der Waals surface area contributed by atoms with E-state index in [1.54, 1.807) is 16.6 Å². The van der Waals surface area contributed by atoms with Crippen LogP contribution in [0.4, 0.5) is 0 Å². The van der Waals surface area contributed by atoms with E-state index in [1.165, 1.54) is 22.2 Å². The molecular weight excluding hydrogens is 415 g/mol. The van der Waals surface area contributed by atoms with Crippen LogP contribution in [0.5, 0.6) is 0 Å². The minimum absolute atomic E-state index is 0.463. The molecule has 3 heterocycles. The van der Waals surface area contributed by atoms with Crippen molar-refractivity contribution < 1.29 is 0 Å². The summed E-state index contributed by atoms with van der Waals surface area (Å²) in [5.41, 5.74) is 0. The monoisotopic (exact) mass is 432 g/mol. The van der Waals surface area contributed by atoms with Gasteiger partial charge in [-0.15, -0.1) is 0 Å². The number of thioether (sulfide) groups is 2. The first-order valence-corrected chi connectivity index (χ1v) is 12.2. The molecule has 0 nitrogen and oxygen atoms in total. The fourth-order valence-corrected chi connectivity index (χ4v) is 20.9. The van der Waals surface area contributed by atoms with E-state index >= 15 is 0 Å². The SMILES string of the molecule is C1CC(C2CS2)[Te]C(C2CS2)[Te]1. The minimum atomic E-state index is 0.463. The molecule has 0 aromatic heterocycles. The summed E-state index contributed by atoms with van der Waals surface area (Å²) >= 11 is 5.48. The van der Waals surface area contributed by atoms with Crippen molar-refractivity contribution in [3.8, 4) is 0 Å². The third-order valence-electron chi connectivity index (χ3n) is 2.43. The van der Waals surface area contributed by atoms with Crippen molar-refractivity contribution in [2.75, 3.05) is 11.5 Å². The van der Waals surface area contributed by atoms with Crippen LogP contribution >= 0.6 is 23.5 Å². The van der Waals surface area contributed by atoms with Crippen molar-refractivity contribution in [2.24, 2.45) is 0 Å². The molecule has 3 fully saturated rings. The maximum atomic E-state index is 2.27. The van der Waals surface area contributed by atoms with E-state index in [0.717, 1.165) is 0 Å². The first kappa shape index (κ1) is 9.50. The van der Waals surface area contributed by atoms with Crippen LogP contribution in [-0.2, 0) is 0 Å². The molecule has 0 amide bonds. The van der Waals surface area contributed by atoms with Gasteiger partial charge in [-0.05, 0) is 0 Å². The molecule has 0 aromatic rings. The first-order chi connectivity index (χ1) is 5.93. The van der Waals surface area contributed by atoms with Crippen molar-refractivity contribution in [2.45, 2.75) is 27.4 Å². The van der Waals surface area contributed by atoms with Crippen LogP contribution in [0, 0.1) is 0 Å². The Morgan fingerprint density at radius 2 is 1.83 bits per heavy atom. The fraction of sp³-hybridized carbons (Fsp3) is 1.00. The second-order valence-electron chi connectivity index (χ2n) is 3.45. The van der Waals surface area contributed by atoms with Gasteiger partial charge in [0.05, 0.1) is 0 Å². The molecule has 3 aliphatic rings. The molecule has 3 saturated heterocycles. The molecule has 0 spiro atoms. The van der Waals surface area contributed by atoms with E-state index in [-0.39, 0.29) is 0 Å². The molecule has 3 rings (SSSR count). The molecule has 0 radical (unpaired) electrons. The molecule has 12 heavy (non-hydrogen) atoms. The van der Waals surface area contributed by atoms with E-state index in [4.69, 9.17) is 0 Å². The topological polar surface area (TPSA) is 0 Å². The van der Waals surface area contributed by atoms with Gasteiger partial charge < -0.3 is 0 Å². The Labute approximate surface area is 103 Å². The summed E-state index contributed by atoms with van der Waals surface area (Å²) in [5.74, 6) is 3.07. The van der Waals surface area contributed by atoms with Crippen molar-refractivity contribution in [3.05, 3.63) is 0 Å². The van der Waals surface area contributed by atoms with Crippen LogP contribution in [0.1, 0.15) is 6.42 Å². The molecule has 3 aliphatic heterocycles. The molecular formula is C8H12S2Te2. The third kappa shape index (κ3) is 2.26. The average molecular weight is 428 g/mol. The normalized spacial score (nSPS) is 52.0. The van der Waals surface area contributed by atoms with Crippen LogP contribution in [0.15, 0.2) is 0 Å². The Kier molecular flexibility index (Phi) is 3.19. The third-order valence-corrected chi connectivity index (χ3v) is 18.3. The summed E-state index contributed by atoms with van der Waals surface area (Å²) in [6, 6.07) is 0. The predicted molar refractivity (Wildman–Crippen MR) is 60.9 cm³/mol. The standard InChI is InChI=1S/C8H12S2Te2/c1-2-11-8(6-4-10-6)12-7(1)5-3-9-5/h5-8H,1-4H2. The zero-order valence-electron chi connectivity index (χ0n) is 6.77. The summed E-state index contributed by atoms with van der Waals surface area (Å²) in [6.07, 6.45) is 1.66. The van der Waals surface area contributed by atoms with Crippen LogP contribution in [-0.4, -0.2) is 63.9 Å². The van der Waals surface area contributed by atoms with Gasteiger partial charge in [0.15, 0.2) is 0 Å². The molecule has 68 valence electrons. The van der Waals surface area contributed by atoms with Crippen molar-refractivity contribution in [1.29, 1.82) is 0 Å². The van der Waals surface area contributed by atoms with Gasteiger partial charge in [-0.1, -0.05) is 0 Å². The quantitative estimate of drug-likeness (QED) is 0.488. The Bertz CT molecular complexity index is 162. The fourth-order valence-electron chi connectivity index (χ4n) is 1.53. The zero-order valence-corrected chi connectivity index (χ0v) is 13.1. The Morgan fingerprint density at radius 3 is 2.50 bits per heavy atom. The predicted octanol–water partition coefficient (Wildman–Crippen LogP) is 1.98. The van der Waals surface area contributed by atoms with Gasteiger partial charge in [-0.2, -0.15) is 0 Å². The van der Waals surface area contributed by atoms with Crippen LogP contribution in [0.3, 0.4) is 0 Å². The maximum absolute atomic E-state index is 2.27. The van der Waals surface area contributed by atoms with E-state index < -0.39 is 0 Å². The molecule has 4 unspecified atom stereocenters. The van der Waals surface area contributed by atoms with Gasteiger partial charge in [0.25, 0.3) is 0 Å². The van der Waals surface area contributed by atoms with Crippen LogP contribution in [0.2, 0.25) is 10.4 Å². The molecule has 0 N–H and O–H groups in total. The van der Waals surface area contributed by atoms with E-state index in [0.29, 0.717) is 41.8 Å². The van der Waals surface area contributed by atoms with Gasteiger partial charge >= 0.3 is 104 Å². The number of hydrogen-bond donors (Lipinski definition) is 0. The summed E-state index contributed by atoms with van der Waals surface area (Å²) in [4.78, 5) is 0. The second kappa shape index (κ2) is 4.03. The van der Waals surface area contributed by atoms with Crippen LogP contribution in [0.25, 0.3) is 0 Å². The van der Waals surface area contributed by atoms with Crippen molar-refractivity contribution >= 4 is 65.4 Å². The Morgan fingerprint density at radius 1 is 1.08 bits per heavy atom. The Hall–Kier alpha value is 2.28. The molecule has 0 saturated carbocycles. The Balaban J connectivity index is 1.58. The summed E-state index contributed by atoms with van der Waals surface area (Å²) in [6.45, 7) is 0. The van der Waals surface area contributed by atoms with Gasteiger partial charge in [-0.25, -0.2) is 0 Å². The molecule has 0 aromatic carbocycles. The summed E-state index contributed by atoms with van der Waals surface area (Å²) in [5, 5.41) is 2.38. The zero-order chi connectivity index (χ0) is 7.97. The van der Waals surface area contributed by atoms with Gasteiger partial charge in [-0.3, -0.25) is 0 Å². The van der Waals surface area contributed by atoms with Crippen molar-refractivity contribution in [1.82, 2.24) is 0 Å². The molecule has 0 bridgehead atoms. The van der Waals surface area contributed by atoms with Gasteiger partial charge in [0, 0.05) is 0 Å². The summed E-state index contributed by atoms with van der Waals surface area (Å²) in [7, 11) is 0. The van der Waals surface area contributed by atoms with E-state index in [1.807, 2.05) is 0 Å². The van der Waals surface area contributed by atoms with Crippen LogP contribution < -0.4 is 0 Å². The van der Waals surface area contributed by atoms with Crippen molar-refractivity contribution in [3.63, 3.8) is 0 Å². The number of hydrogen-bond acceptors (Lipinski definition) is 2. The molecule has 4 heteroatoms. The van der Waals surface area contributed by atoms with Gasteiger partial charge in [0.2, 0.25) is 0 Å². The second-order valence-corrected chi connectivity index (χ2v) is 16.4. The van der Waals surface area contributed by atoms with E-state index in [2.05, 4.69) is 23.5 Å². The molecule has 0 aliphatic carbocycles. The number of rotatable bonds is 2. The molecule has 4 atom stereocenters.